The van der Waals surface area contributed by atoms with Crippen molar-refractivity contribution in [3.63, 3.8) is 0 Å². The van der Waals surface area contributed by atoms with Crippen LogP contribution >= 0.6 is 23.2 Å². The Morgan fingerprint density at radius 2 is 1.04 bits per heavy atom. The summed E-state index contributed by atoms with van der Waals surface area (Å²) in [5, 5.41) is 20.9. The molecule has 0 radical (unpaired) electrons. The molecule has 46 heavy (non-hydrogen) atoms. The van der Waals surface area contributed by atoms with E-state index < -0.39 is 0 Å². The van der Waals surface area contributed by atoms with Crippen LogP contribution in [0.1, 0.15) is 47.2 Å². The molecule has 2 aliphatic heterocycles. The third-order valence-corrected chi connectivity index (χ3v) is 11.0. The topological polar surface area (TPSA) is 91.2 Å². The van der Waals surface area contributed by atoms with Crippen LogP contribution in [-0.4, -0.2) is 82.6 Å². The van der Waals surface area contributed by atoms with Crippen LogP contribution in [0, 0.1) is 0 Å². The Morgan fingerprint density at radius 3 is 1.41 bits per heavy atom. The fraction of sp³-hybridized carbons (Fsp3) is 0.389. The van der Waals surface area contributed by atoms with Crippen molar-refractivity contribution < 1.29 is 19.7 Å². The van der Waals surface area contributed by atoms with Crippen molar-refractivity contribution >= 4 is 23.2 Å². The Kier molecular flexibility index (Phi) is 7.71. The van der Waals surface area contributed by atoms with Crippen LogP contribution in [-0.2, 0) is 12.8 Å². The molecule has 8 rings (SSSR count). The first-order chi connectivity index (χ1) is 22.3. The zero-order valence-corrected chi connectivity index (χ0v) is 27.4. The number of nitrogens with zero attached hydrogens (tertiary/aromatic N) is 4. The smallest absolute Gasteiger partial charge is 0.218 e. The lowest BCUT2D eigenvalue weighted by atomic mass is 9.96. The lowest BCUT2D eigenvalue weighted by molar-refractivity contribution is -0.0257. The van der Waals surface area contributed by atoms with Crippen LogP contribution in [0.2, 0.25) is 10.0 Å². The minimum atomic E-state index is -0.256. The number of pyridine rings is 2. The molecule has 0 spiro atoms. The highest BCUT2D eigenvalue weighted by Gasteiger charge is 2.39. The summed E-state index contributed by atoms with van der Waals surface area (Å²) in [7, 11) is 3.32. The summed E-state index contributed by atoms with van der Waals surface area (Å²) in [6, 6.07) is 16.6. The molecular formula is C36H36Cl2N4O4. The third-order valence-electron chi connectivity index (χ3n) is 10.1. The van der Waals surface area contributed by atoms with E-state index in [9.17, 15) is 10.2 Å². The summed E-state index contributed by atoms with van der Waals surface area (Å²) in [5.41, 5.74) is 9.40. The van der Waals surface area contributed by atoms with E-state index in [1.54, 1.807) is 14.2 Å². The van der Waals surface area contributed by atoms with Gasteiger partial charge < -0.3 is 19.7 Å². The minimum absolute atomic E-state index is 0.208. The number of benzene rings is 2. The van der Waals surface area contributed by atoms with Gasteiger partial charge in [0.05, 0.1) is 47.9 Å². The van der Waals surface area contributed by atoms with Crippen molar-refractivity contribution in [3.8, 4) is 45.4 Å². The van der Waals surface area contributed by atoms with Gasteiger partial charge in [-0.3, -0.25) is 9.80 Å². The van der Waals surface area contributed by atoms with E-state index in [1.807, 2.05) is 36.4 Å². The Bertz CT molecular complexity index is 1710. The number of hydrogen-bond donors (Lipinski definition) is 2. The predicted octanol–water partition coefficient (Wildman–Crippen LogP) is 6.13. The van der Waals surface area contributed by atoms with Gasteiger partial charge in [-0.2, -0.15) is 0 Å². The molecule has 0 amide bonds. The molecule has 2 aromatic carbocycles. The van der Waals surface area contributed by atoms with Crippen LogP contribution in [0.15, 0.2) is 48.5 Å². The van der Waals surface area contributed by atoms with E-state index >= 15 is 0 Å². The second kappa shape index (κ2) is 11.8. The van der Waals surface area contributed by atoms with Gasteiger partial charge in [-0.1, -0.05) is 59.6 Å². The van der Waals surface area contributed by atoms with Gasteiger partial charge in [-0.15, -0.1) is 0 Å². The number of hydrogen-bond acceptors (Lipinski definition) is 8. The van der Waals surface area contributed by atoms with Gasteiger partial charge in [-0.25, -0.2) is 9.97 Å². The second-order valence-electron chi connectivity index (χ2n) is 12.8. The largest absolute Gasteiger partial charge is 0.481 e. The normalized spacial score (nSPS) is 21.5. The summed E-state index contributed by atoms with van der Waals surface area (Å²) in [4.78, 5) is 14.5. The first kappa shape index (κ1) is 30.1. The van der Waals surface area contributed by atoms with Crippen molar-refractivity contribution in [2.75, 3.05) is 40.4 Å². The van der Waals surface area contributed by atoms with Crippen LogP contribution in [0.5, 0.6) is 11.8 Å². The van der Waals surface area contributed by atoms with Gasteiger partial charge >= 0.3 is 0 Å². The highest BCUT2D eigenvalue weighted by atomic mass is 35.5. The number of aryl methyl sites for hydroxylation is 2. The molecule has 2 atom stereocenters. The van der Waals surface area contributed by atoms with E-state index in [2.05, 4.69) is 21.9 Å². The fourth-order valence-electron chi connectivity index (χ4n) is 7.84. The molecule has 0 saturated carbocycles. The average molecular weight is 660 g/mol. The van der Waals surface area contributed by atoms with E-state index in [-0.39, 0.29) is 24.3 Å². The number of ether oxygens (including phenoxy) is 2. The van der Waals surface area contributed by atoms with Crippen molar-refractivity contribution in [1.29, 1.82) is 0 Å². The molecule has 4 aromatic rings. The standard InChI is InChI=1S/C36H36Cl2N4O4/c1-45-35-31-19(9-11-29(31)41-15-21(43)16-41)13-27(39-35)25-7-3-5-23(33(25)37)24-6-4-8-26(34(24)38)28-14-20-10-12-30(42-17-22(44)18-42)32(20)36(40-28)46-2/h3-8,13-14,21-22,29-30,43-44H,9-12,15-18H2,1-2H3/t29-,30-/m0/s1. The Labute approximate surface area is 278 Å². The third kappa shape index (κ3) is 4.89. The molecule has 4 aliphatic rings. The molecule has 2 fully saturated rings. The van der Waals surface area contributed by atoms with Crippen molar-refractivity contribution in [2.24, 2.45) is 0 Å². The maximum Gasteiger partial charge on any atom is 0.218 e. The Balaban J connectivity index is 1.15. The molecular weight excluding hydrogens is 623 g/mol. The zero-order chi connectivity index (χ0) is 31.7. The number of fused-ring (bicyclic) bond motifs is 2. The monoisotopic (exact) mass is 658 g/mol. The minimum Gasteiger partial charge on any atom is -0.481 e. The van der Waals surface area contributed by atoms with Gasteiger partial charge in [0.15, 0.2) is 0 Å². The lowest BCUT2D eigenvalue weighted by Crippen LogP contribution is -2.51. The second-order valence-corrected chi connectivity index (χ2v) is 13.6. The number of aliphatic hydroxyl groups excluding tert-OH is 2. The molecule has 2 aliphatic carbocycles. The first-order valence-electron chi connectivity index (χ1n) is 15.9. The Morgan fingerprint density at radius 1 is 0.652 bits per heavy atom. The first-order valence-corrected chi connectivity index (χ1v) is 16.7. The number of halogens is 2. The summed E-state index contributed by atoms with van der Waals surface area (Å²) < 4.78 is 11.6. The van der Waals surface area contributed by atoms with Gasteiger partial charge in [0.25, 0.3) is 0 Å². The highest BCUT2D eigenvalue weighted by Crippen LogP contribution is 2.48. The molecule has 10 heteroatoms. The average Bonchev–Trinajstić information content (AvgIpc) is 3.65. The summed E-state index contributed by atoms with van der Waals surface area (Å²) in [6.45, 7) is 2.72. The summed E-state index contributed by atoms with van der Waals surface area (Å²) in [5.74, 6) is 1.23. The van der Waals surface area contributed by atoms with Crippen LogP contribution in [0.3, 0.4) is 0 Å². The molecule has 0 bridgehead atoms. The number of aromatic nitrogens is 2. The van der Waals surface area contributed by atoms with Crippen molar-refractivity contribution in [1.82, 2.24) is 19.8 Å². The molecule has 8 nitrogen and oxygen atoms in total. The van der Waals surface area contributed by atoms with E-state index in [0.717, 1.165) is 70.5 Å². The van der Waals surface area contributed by atoms with Gasteiger partial charge in [0.2, 0.25) is 11.8 Å². The van der Waals surface area contributed by atoms with E-state index in [1.165, 1.54) is 11.1 Å². The highest BCUT2D eigenvalue weighted by molar-refractivity contribution is 6.39. The number of likely N-dealkylation sites (tertiary alicyclic amines) is 2. The number of aliphatic hydroxyl groups is 2. The van der Waals surface area contributed by atoms with Crippen LogP contribution in [0.4, 0.5) is 0 Å². The zero-order valence-electron chi connectivity index (χ0n) is 25.8. The SMILES string of the molecule is COc1nc(-c2cccc(-c3cccc(-c4cc5c(c(OC)n4)[C@@H](N4CC(O)C4)CC5)c3Cl)c2Cl)cc2c1[C@@H](N1CC(O)C1)CC2. The van der Waals surface area contributed by atoms with Crippen molar-refractivity contribution in [2.45, 2.75) is 50.0 Å². The maximum absolute atomic E-state index is 9.87. The van der Waals surface area contributed by atoms with Crippen LogP contribution < -0.4 is 9.47 Å². The van der Waals surface area contributed by atoms with E-state index in [4.69, 9.17) is 42.6 Å². The quantitative estimate of drug-likeness (QED) is 0.245. The van der Waals surface area contributed by atoms with E-state index in [0.29, 0.717) is 48.0 Å². The lowest BCUT2D eigenvalue weighted by Gasteiger charge is -2.40. The molecule has 238 valence electrons. The predicted molar refractivity (Wildman–Crippen MR) is 179 cm³/mol. The Hall–Kier alpha value is -3.24. The number of methoxy groups -OCH3 is 2. The maximum atomic E-state index is 9.87. The van der Waals surface area contributed by atoms with Gasteiger partial charge in [0.1, 0.15) is 0 Å². The van der Waals surface area contributed by atoms with Crippen LogP contribution in [0.25, 0.3) is 33.6 Å². The number of rotatable bonds is 7. The summed E-state index contributed by atoms with van der Waals surface area (Å²) in [6.07, 6.45) is 3.27. The van der Waals surface area contributed by atoms with Crippen molar-refractivity contribution in [3.05, 3.63) is 80.8 Å². The molecule has 4 heterocycles. The molecule has 2 N–H and O–H groups in total. The fourth-order valence-corrected chi connectivity index (χ4v) is 8.49. The number of β-amino-alcohol motifs (C(OH)–C–C–N with tert-alkyl or cyclic N) is 2. The molecule has 2 saturated heterocycles. The van der Waals surface area contributed by atoms with Gasteiger partial charge in [0, 0.05) is 71.6 Å². The molecule has 0 unspecified atom stereocenters. The summed E-state index contributed by atoms with van der Waals surface area (Å²) >= 11 is 14.4. The van der Waals surface area contributed by atoms with Gasteiger partial charge in [-0.05, 0) is 48.9 Å². The molecule has 2 aromatic heterocycles.